The lowest BCUT2D eigenvalue weighted by molar-refractivity contribution is -0.120. The predicted molar refractivity (Wildman–Crippen MR) is 152 cm³/mol. The van der Waals surface area contributed by atoms with Gasteiger partial charge in [0.25, 0.3) is 11.8 Å². The van der Waals surface area contributed by atoms with E-state index in [9.17, 15) is 9.59 Å². The first-order valence-electron chi connectivity index (χ1n) is 11.9. The molecule has 0 spiro atoms. The van der Waals surface area contributed by atoms with Gasteiger partial charge in [0.15, 0.2) is 5.54 Å². The second-order valence-electron chi connectivity index (χ2n) is 9.44. The quantitative estimate of drug-likeness (QED) is 0.323. The Morgan fingerprint density at radius 1 is 0.946 bits per heavy atom. The molecule has 1 aliphatic heterocycles. The maximum absolute atomic E-state index is 13.8. The Morgan fingerprint density at radius 2 is 1.65 bits per heavy atom. The molecule has 0 aliphatic carbocycles. The maximum atomic E-state index is 13.8. The zero-order valence-electron chi connectivity index (χ0n) is 20.9. The number of carbonyl (C=O) groups excluding carboxylic acids is 2. The van der Waals surface area contributed by atoms with Gasteiger partial charge in [0.1, 0.15) is 0 Å². The normalized spacial score (nSPS) is 16.5. The molecule has 2 amide bonds. The molecule has 0 radical (unpaired) electrons. The Balaban J connectivity index is 1.79. The molecule has 194 valence electrons. The van der Waals surface area contributed by atoms with Gasteiger partial charge in [-0.15, -0.1) is 0 Å². The Kier molecular flexibility index (Phi) is 8.34. The van der Waals surface area contributed by atoms with Gasteiger partial charge in [-0.1, -0.05) is 53.0 Å². The summed E-state index contributed by atoms with van der Waals surface area (Å²) in [5, 5.41) is 7.54. The fourth-order valence-corrected chi connectivity index (χ4v) is 5.32. The van der Waals surface area contributed by atoms with E-state index in [1.807, 2.05) is 50.3 Å². The Morgan fingerprint density at radius 3 is 2.38 bits per heavy atom. The average Bonchev–Trinajstić information content (AvgIpc) is 3.11. The molecule has 1 atom stereocenters. The van der Waals surface area contributed by atoms with Gasteiger partial charge in [0, 0.05) is 46.3 Å². The van der Waals surface area contributed by atoms with Crippen molar-refractivity contribution in [2.45, 2.75) is 18.4 Å². The van der Waals surface area contributed by atoms with Gasteiger partial charge in [-0.25, -0.2) is 0 Å². The molecule has 0 fully saturated rings. The summed E-state index contributed by atoms with van der Waals surface area (Å²) in [7, 11) is 5.79. The molecule has 1 heterocycles. The number of anilines is 2. The topological polar surface area (TPSA) is 64.7 Å². The van der Waals surface area contributed by atoms with Crippen LogP contribution in [0, 0.1) is 0 Å². The van der Waals surface area contributed by atoms with Crippen LogP contribution in [0.4, 0.5) is 11.4 Å². The molecule has 4 rings (SSSR count). The van der Waals surface area contributed by atoms with Gasteiger partial charge in [0.2, 0.25) is 0 Å². The molecular formula is C28H29Cl3N4O2. The summed E-state index contributed by atoms with van der Waals surface area (Å²) in [6, 6.07) is 17.9. The summed E-state index contributed by atoms with van der Waals surface area (Å²) in [4.78, 5) is 31.0. The lowest BCUT2D eigenvalue weighted by Crippen LogP contribution is -2.51. The highest BCUT2D eigenvalue weighted by Gasteiger charge is 2.51. The smallest absolute Gasteiger partial charge is 0.255 e. The molecule has 0 aromatic heterocycles. The van der Waals surface area contributed by atoms with E-state index < -0.39 is 5.54 Å². The van der Waals surface area contributed by atoms with E-state index in [2.05, 4.69) is 15.5 Å². The predicted octanol–water partition coefficient (Wildman–Crippen LogP) is 5.85. The molecule has 3 aromatic carbocycles. The lowest BCUT2D eigenvalue weighted by Gasteiger charge is -2.40. The molecule has 2 N–H and O–H groups in total. The van der Waals surface area contributed by atoms with E-state index in [1.54, 1.807) is 36.4 Å². The average molecular weight is 560 g/mol. The van der Waals surface area contributed by atoms with Gasteiger partial charge in [-0.05, 0) is 75.1 Å². The zero-order valence-corrected chi connectivity index (χ0v) is 23.2. The SMILES string of the molecule is CN(C)CCCNC(=O)c1ccc(Cl)cc1N(C)C1(Cc2cccc(Cl)c2)C(=O)Nc2cc(Cl)ccc21. The molecule has 1 aliphatic rings. The molecular weight excluding hydrogens is 531 g/mol. The first-order chi connectivity index (χ1) is 17.6. The third-order valence-electron chi connectivity index (χ3n) is 6.61. The molecule has 3 aromatic rings. The van der Waals surface area contributed by atoms with Crippen molar-refractivity contribution in [2.75, 3.05) is 44.4 Å². The van der Waals surface area contributed by atoms with Crippen LogP contribution < -0.4 is 15.5 Å². The van der Waals surface area contributed by atoms with Crippen LogP contribution in [-0.2, 0) is 16.8 Å². The first kappa shape index (κ1) is 27.3. The van der Waals surface area contributed by atoms with Crippen LogP contribution in [0.2, 0.25) is 15.1 Å². The second kappa shape index (κ2) is 11.3. The van der Waals surface area contributed by atoms with Crippen LogP contribution in [0.1, 0.15) is 27.9 Å². The largest absolute Gasteiger partial charge is 0.356 e. The van der Waals surface area contributed by atoms with E-state index in [1.165, 1.54) is 0 Å². The van der Waals surface area contributed by atoms with E-state index in [0.29, 0.717) is 45.0 Å². The Bertz CT molecular complexity index is 1330. The summed E-state index contributed by atoms with van der Waals surface area (Å²) in [6.07, 6.45) is 1.12. The third-order valence-corrected chi connectivity index (χ3v) is 7.31. The van der Waals surface area contributed by atoms with Gasteiger partial charge < -0.3 is 20.4 Å². The second-order valence-corrected chi connectivity index (χ2v) is 10.8. The number of fused-ring (bicyclic) bond motifs is 1. The van der Waals surface area contributed by atoms with E-state index in [0.717, 1.165) is 24.1 Å². The number of nitrogens with zero attached hydrogens (tertiary/aromatic N) is 2. The van der Waals surface area contributed by atoms with Crippen molar-refractivity contribution >= 4 is 58.0 Å². The lowest BCUT2D eigenvalue weighted by atomic mass is 9.82. The molecule has 0 saturated carbocycles. The summed E-state index contributed by atoms with van der Waals surface area (Å²) in [6.45, 7) is 1.38. The van der Waals surface area contributed by atoms with Crippen LogP contribution in [0.5, 0.6) is 0 Å². The number of amides is 2. The third kappa shape index (κ3) is 5.73. The summed E-state index contributed by atoms with van der Waals surface area (Å²) < 4.78 is 0. The van der Waals surface area contributed by atoms with Crippen molar-refractivity contribution in [3.8, 4) is 0 Å². The van der Waals surface area contributed by atoms with Gasteiger partial charge in [-0.3, -0.25) is 9.59 Å². The number of benzene rings is 3. The van der Waals surface area contributed by atoms with Crippen LogP contribution in [0.15, 0.2) is 60.7 Å². The number of hydrogen-bond donors (Lipinski definition) is 2. The number of rotatable bonds is 9. The van der Waals surface area contributed by atoms with E-state index >= 15 is 0 Å². The highest BCUT2D eigenvalue weighted by molar-refractivity contribution is 6.32. The van der Waals surface area contributed by atoms with Crippen molar-refractivity contribution in [1.29, 1.82) is 0 Å². The van der Waals surface area contributed by atoms with E-state index in [4.69, 9.17) is 34.8 Å². The standard InChI is InChI=1S/C28H29Cl3N4O2/c1-34(2)13-5-12-32-26(36)22-10-8-21(31)16-25(22)35(3)28(17-18-6-4-7-19(29)14-18)23-11-9-20(30)15-24(23)33-27(28)37/h4,6-11,14-16H,5,12-13,17H2,1-3H3,(H,32,36)(H,33,37). The van der Waals surface area contributed by atoms with Crippen molar-refractivity contribution in [3.63, 3.8) is 0 Å². The van der Waals surface area contributed by atoms with Crippen molar-refractivity contribution in [2.24, 2.45) is 0 Å². The monoisotopic (exact) mass is 558 g/mol. The summed E-state index contributed by atoms with van der Waals surface area (Å²) >= 11 is 19.0. The van der Waals surface area contributed by atoms with Crippen LogP contribution in [-0.4, -0.2) is 50.9 Å². The van der Waals surface area contributed by atoms with Gasteiger partial charge >= 0.3 is 0 Å². The van der Waals surface area contributed by atoms with Crippen LogP contribution >= 0.6 is 34.8 Å². The fraction of sp³-hybridized carbons (Fsp3) is 0.286. The number of halogens is 3. The summed E-state index contributed by atoms with van der Waals surface area (Å²) in [5.41, 5.74) is 2.03. The summed E-state index contributed by atoms with van der Waals surface area (Å²) in [5.74, 6) is -0.463. The van der Waals surface area contributed by atoms with Crippen LogP contribution in [0.3, 0.4) is 0 Å². The number of nitrogens with one attached hydrogen (secondary N) is 2. The highest BCUT2D eigenvalue weighted by atomic mass is 35.5. The maximum Gasteiger partial charge on any atom is 0.255 e. The van der Waals surface area contributed by atoms with Gasteiger partial charge in [0.05, 0.1) is 11.3 Å². The zero-order chi connectivity index (χ0) is 26.7. The van der Waals surface area contributed by atoms with Crippen LogP contribution in [0.25, 0.3) is 0 Å². The Labute approximate surface area is 232 Å². The minimum Gasteiger partial charge on any atom is -0.356 e. The van der Waals surface area contributed by atoms with Crippen molar-refractivity contribution < 1.29 is 9.59 Å². The molecule has 37 heavy (non-hydrogen) atoms. The first-order valence-corrected chi connectivity index (χ1v) is 13.1. The van der Waals surface area contributed by atoms with E-state index in [-0.39, 0.29) is 11.8 Å². The molecule has 0 bridgehead atoms. The Hall–Kier alpha value is -2.77. The van der Waals surface area contributed by atoms with Gasteiger partial charge in [-0.2, -0.15) is 0 Å². The minimum absolute atomic E-state index is 0.232. The number of carbonyl (C=O) groups is 2. The van der Waals surface area contributed by atoms with Crippen molar-refractivity contribution in [1.82, 2.24) is 10.2 Å². The number of likely N-dealkylation sites (N-methyl/N-ethyl adjacent to an activating group) is 1. The highest BCUT2D eigenvalue weighted by Crippen LogP contribution is 2.46. The molecule has 0 saturated heterocycles. The minimum atomic E-state index is -1.19. The van der Waals surface area contributed by atoms with Crippen molar-refractivity contribution in [3.05, 3.63) is 92.4 Å². The molecule has 6 nitrogen and oxygen atoms in total. The number of hydrogen-bond acceptors (Lipinski definition) is 4. The molecule has 1 unspecified atom stereocenters. The molecule has 9 heteroatoms. The fourth-order valence-electron chi connectivity index (χ4n) is 4.77.